The first kappa shape index (κ1) is 27.7. The van der Waals surface area contributed by atoms with Crippen molar-refractivity contribution in [3.63, 3.8) is 0 Å². The van der Waals surface area contributed by atoms with Crippen molar-refractivity contribution >= 4 is 35.4 Å². The zero-order valence-electron chi connectivity index (χ0n) is 20.0. The number of hydrogen-bond acceptors (Lipinski definition) is 6. The monoisotopic (exact) mass is 529 g/mol. The summed E-state index contributed by atoms with van der Waals surface area (Å²) < 4.78 is 40.6. The van der Waals surface area contributed by atoms with Crippen molar-refractivity contribution in [2.45, 2.75) is 19.1 Å². The summed E-state index contributed by atoms with van der Waals surface area (Å²) in [6, 6.07) is 11.8. The quantitative estimate of drug-likeness (QED) is 0.195. The first-order chi connectivity index (χ1) is 17.8. The number of aliphatic imine (C=N–C) groups is 1. The Morgan fingerprint density at radius 2 is 1.68 bits per heavy atom. The van der Waals surface area contributed by atoms with Gasteiger partial charge in [-0.2, -0.15) is 13.2 Å². The molecule has 2 amide bonds. The summed E-state index contributed by atoms with van der Waals surface area (Å²) in [5.74, 6) is 0.625. The molecular formula is C25H22F3N5O5. The predicted molar refractivity (Wildman–Crippen MR) is 129 cm³/mol. The number of amides is 2. The Hall–Kier alpha value is -4.86. The van der Waals surface area contributed by atoms with Crippen LogP contribution in [0.25, 0.3) is 0 Å². The maximum absolute atomic E-state index is 13.2. The molecule has 2 aromatic rings. The van der Waals surface area contributed by atoms with Crippen LogP contribution in [0.2, 0.25) is 0 Å². The molecule has 0 atom stereocenters. The minimum atomic E-state index is -5.33. The number of nitrogens with zero attached hydrogens (tertiary/aromatic N) is 3. The Morgan fingerprint density at radius 3 is 2.32 bits per heavy atom. The van der Waals surface area contributed by atoms with Gasteiger partial charge in [-0.1, -0.05) is 24.0 Å². The normalized spacial score (nSPS) is 13.2. The third-order valence-electron chi connectivity index (χ3n) is 5.35. The van der Waals surface area contributed by atoms with Crippen LogP contribution in [0.15, 0.2) is 47.5 Å². The number of anilines is 1. The molecule has 0 unspecified atom stereocenters. The van der Waals surface area contributed by atoms with E-state index in [4.69, 9.17) is 11.5 Å². The van der Waals surface area contributed by atoms with Crippen LogP contribution in [0.4, 0.5) is 18.9 Å². The molecule has 0 radical (unpaired) electrons. The molecule has 0 aromatic heterocycles. The highest BCUT2D eigenvalue weighted by Crippen LogP contribution is 2.26. The van der Waals surface area contributed by atoms with Crippen molar-refractivity contribution in [3.8, 4) is 11.8 Å². The van der Waals surface area contributed by atoms with Crippen molar-refractivity contribution in [2.75, 3.05) is 25.0 Å². The molecule has 38 heavy (non-hydrogen) atoms. The van der Waals surface area contributed by atoms with Crippen molar-refractivity contribution < 1.29 is 37.1 Å². The standard InChI is InChI=1S/C25H22F3N5O5/c1-32-19-9-8-16(5-2-15-3-6-17(7-4-15)13-31-24(29)30)12-18(19)22(36)33(14-20(32)34)11-10-21(35)38-23(37)25(26,27)28/h3-4,6-9,12H,10-11,13-14H2,1H3,(H4,29,30,31). The zero-order valence-corrected chi connectivity index (χ0v) is 20.0. The van der Waals surface area contributed by atoms with Gasteiger partial charge in [0.2, 0.25) is 5.91 Å². The Balaban J connectivity index is 1.77. The fraction of sp³-hybridized carbons (Fsp3) is 0.240. The van der Waals surface area contributed by atoms with E-state index in [0.717, 1.165) is 10.5 Å². The lowest BCUT2D eigenvalue weighted by molar-refractivity contribution is -0.201. The van der Waals surface area contributed by atoms with Crippen LogP contribution < -0.4 is 16.4 Å². The molecule has 1 aliphatic rings. The van der Waals surface area contributed by atoms with Gasteiger partial charge >= 0.3 is 18.1 Å². The fourth-order valence-corrected chi connectivity index (χ4v) is 3.36. The zero-order chi connectivity index (χ0) is 28.0. The summed E-state index contributed by atoms with van der Waals surface area (Å²) >= 11 is 0. The van der Waals surface area contributed by atoms with E-state index in [2.05, 4.69) is 21.6 Å². The molecule has 0 spiro atoms. The molecule has 4 N–H and O–H groups in total. The SMILES string of the molecule is CN1C(=O)CN(CCC(=O)OC(=O)C(F)(F)F)C(=O)c2cc(C#Cc3ccc(CN=C(N)N)cc3)ccc21. The lowest BCUT2D eigenvalue weighted by Crippen LogP contribution is -2.39. The number of benzene rings is 2. The average molecular weight is 529 g/mol. The number of nitrogens with two attached hydrogens (primary N) is 2. The average Bonchev–Trinajstić information content (AvgIpc) is 2.95. The maximum Gasteiger partial charge on any atom is 0.491 e. The molecule has 3 rings (SSSR count). The summed E-state index contributed by atoms with van der Waals surface area (Å²) in [6.07, 6.45) is -6.06. The van der Waals surface area contributed by atoms with Crippen LogP contribution in [0.3, 0.4) is 0 Å². The van der Waals surface area contributed by atoms with Crippen LogP contribution in [0.1, 0.15) is 33.5 Å². The number of carbonyl (C=O) groups excluding carboxylic acids is 4. The van der Waals surface area contributed by atoms with Crippen LogP contribution in [0.5, 0.6) is 0 Å². The maximum atomic E-state index is 13.2. The van der Waals surface area contributed by atoms with Crippen LogP contribution >= 0.6 is 0 Å². The van der Waals surface area contributed by atoms with E-state index < -0.39 is 49.4 Å². The van der Waals surface area contributed by atoms with E-state index in [9.17, 15) is 32.3 Å². The second-order valence-corrected chi connectivity index (χ2v) is 8.11. The smallest absolute Gasteiger partial charge is 0.386 e. The molecule has 0 aliphatic carbocycles. The number of fused-ring (bicyclic) bond motifs is 1. The second kappa shape index (κ2) is 11.5. The highest BCUT2D eigenvalue weighted by atomic mass is 19.4. The summed E-state index contributed by atoms with van der Waals surface area (Å²) in [5, 5.41) is 0. The summed E-state index contributed by atoms with van der Waals surface area (Å²) in [7, 11) is 1.46. The number of rotatable bonds is 5. The van der Waals surface area contributed by atoms with E-state index in [1.807, 2.05) is 12.1 Å². The van der Waals surface area contributed by atoms with Gasteiger partial charge in [-0.25, -0.2) is 9.79 Å². The molecule has 0 fully saturated rings. The minimum Gasteiger partial charge on any atom is -0.386 e. The molecular weight excluding hydrogens is 507 g/mol. The Kier molecular flexibility index (Phi) is 8.36. The van der Waals surface area contributed by atoms with Gasteiger partial charge in [-0.15, -0.1) is 0 Å². The molecule has 198 valence electrons. The van der Waals surface area contributed by atoms with Gasteiger partial charge in [0, 0.05) is 24.7 Å². The number of halogens is 3. The first-order valence-electron chi connectivity index (χ1n) is 11.0. The highest BCUT2D eigenvalue weighted by Gasteiger charge is 2.42. The number of alkyl halides is 3. The molecule has 1 heterocycles. The Labute approximate surface area is 215 Å². The van der Waals surface area contributed by atoms with Gasteiger partial charge in [-0.3, -0.25) is 14.4 Å². The van der Waals surface area contributed by atoms with Crippen LogP contribution in [-0.4, -0.2) is 60.9 Å². The Bertz CT molecular complexity index is 1360. The van der Waals surface area contributed by atoms with Gasteiger partial charge in [-0.05, 0) is 35.9 Å². The first-order valence-corrected chi connectivity index (χ1v) is 11.0. The fourth-order valence-electron chi connectivity index (χ4n) is 3.36. The van der Waals surface area contributed by atoms with Gasteiger partial charge < -0.3 is 26.0 Å². The van der Waals surface area contributed by atoms with Gasteiger partial charge in [0.25, 0.3) is 5.91 Å². The lowest BCUT2D eigenvalue weighted by Gasteiger charge is -2.19. The summed E-state index contributed by atoms with van der Waals surface area (Å²) in [4.78, 5) is 54.4. The molecule has 0 saturated carbocycles. The molecule has 2 aromatic carbocycles. The van der Waals surface area contributed by atoms with E-state index in [1.165, 1.54) is 18.0 Å². The molecule has 1 aliphatic heterocycles. The summed E-state index contributed by atoms with van der Waals surface area (Å²) in [5.41, 5.74) is 13.1. The number of esters is 2. The third kappa shape index (κ3) is 7.10. The minimum absolute atomic E-state index is 0.0194. The number of hydrogen-bond donors (Lipinski definition) is 2. The van der Waals surface area contributed by atoms with Crippen molar-refractivity contribution in [3.05, 3.63) is 64.7 Å². The van der Waals surface area contributed by atoms with E-state index >= 15 is 0 Å². The third-order valence-corrected chi connectivity index (χ3v) is 5.35. The van der Waals surface area contributed by atoms with Gasteiger partial charge in [0.15, 0.2) is 5.96 Å². The largest absolute Gasteiger partial charge is 0.491 e. The topological polar surface area (TPSA) is 148 Å². The predicted octanol–water partition coefficient (Wildman–Crippen LogP) is 1.30. The molecule has 0 bridgehead atoms. The number of ether oxygens (including phenoxy) is 1. The van der Waals surface area contributed by atoms with Crippen LogP contribution in [-0.2, 0) is 25.7 Å². The van der Waals surface area contributed by atoms with Crippen LogP contribution in [0, 0.1) is 11.8 Å². The van der Waals surface area contributed by atoms with Crippen molar-refractivity contribution in [2.24, 2.45) is 16.5 Å². The van der Waals surface area contributed by atoms with Crippen molar-refractivity contribution in [1.29, 1.82) is 0 Å². The van der Waals surface area contributed by atoms with Gasteiger partial charge in [0.05, 0.1) is 24.2 Å². The van der Waals surface area contributed by atoms with E-state index in [-0.39, 0.29) is 11.5 Å². The number of carbonyl (C=O) groups is 4. The molecule has 0 saturated heterocycles. The molecule has 13 heteroatoms. The lowest BCUT2D eigenvalue weighted by atomic mass is 10.1. The van der Waals surface area contributed by atoms with E-state index in [0.29, 0.717) is 23.4 Å². The number of guanidine groups is 1. The van der Waals surface area contributed by atoms with Gasteiger partial charge in [0.1, 0.15) is 6.54 Å². The van der Waals surface area contributed by atoms with Crippen molar-refractivity contribution in [1.82, 2.24) is 4.90 Å². The second-order valence-electron chi connectivity index (χ2n) is 8.11. The number of likely N-dealkylation sites (N-methyl/N-ethyl adjacent to an activating group) is 1. The Morgan fingerprint density at radius 1 is 1.05 bits per heavy atom. The summed E-state index contributed by atoms with van der Waals surface area (Å²) in [6.45, 7) is -0.552. The molecule has 10 nitrogen and oxygen atoms in total. The highest BCUT2D eigenvalue weighted by molar-refractivity contribution is 6.09. The van der Waals surface area contributed by atoms with E-state index in [1.54, 1.807) is 24.3 Å².